The van der Waals surface area contributed by atoms with Crippen LogP contribution in [0.25, 0.3) is 0 Å². The van der Waals surface area contributed by atoms with E-state index in [4.69, 9.17) is 5.14 Å². The summed E-state index contributed by atoms with van der Waals surface area (Å²) in [5, 5.41) is 4.06. The van der Waals surface area contributed by atoms with Gasteiger partial charge in [0.1, 0.15) is 11.0 Å². The molecule has 6 nitrogen and oxygen atoms in total. The molecule has 1 saturated heterocycles. The van der Waals surface area contributed by atoms with Gasteiger partial charge in [0.2, 0.25) is 15.9 Å². The molecule has 1 aliphatic heterocycles. The second-order valence-corrected chi connectivity index (χ2v) is 6.14. The monoisotopic (exact) mass is 306 g/mol. The van der Waals surface area contributed by atoms with E-state index >= 15 is 0 Å². The Morgan fingerprint density at radius 2 is 1.90 bits per heavy atom. The molecule has 20 heavy (non-hydrogen) atoms. The van der Waals surface area contributed by atoms with Gasteiger partial charge in [-0.1, -0.05) is 0 Å². The van der Waals surface area contributed by atoms with Crippen LogP contribution in [0.2, 0.25) is 0 Å². The molecule has 0 radical (unpaired) electrons. The number of amides is 1. The maximum atomic E-state index is 12.0. The molecule has 110 valence electrons. The lowest BCUT2D eigenvalue weighted by atomic mass is 10.3. The van der Waals surface area contributed by atoms with E-state index in [1.807, 2.05) is 0 Å². The number of alkyl halides is 2. The first-order valence-corrected chi connectivity index (χ1v) is 7.25. The van der Waals surface area contributed by atoms with Crippen molar-refractivity contribution in [1.82, 2.24) is 0 Å². The average Bonchev–Trinajstić information content (AvgIpc) is 2.71. The van der Waals surface area contributed by atoms with Crippen molar-refractivity contribution in [3.05, 3.63) is 24.3 Å². The fourth-order valence-corrected chi connectivity index (χ4v) is 2.68. The number of nitrogens with zero attached hydrogens (tertiary/aromatic N) is 1. The number of carbonyl (C=O) groups excluding carboxylic acids is 1. The van der Waals surface area contributed by atoms with Crippen LogP contribution in [-0.4, -0.2) is 32.7 Å². The molecule has 1 atom stereocenters. The van der Waals surface area contributed by atoms with Gasteiger partial charge in [-0.15, -0.1) is 0 Å². The predicted molar refractivity (Wildman–Crippen MR) is 66.9 cm³/mol. The van der Waals surface area contributed by atoms with Gasteiger partial charge in [0, 0.05) is 18.7 Å². The number of sulfonamides is 1. The lowest BCUT2D eigenvalue weighted by Crippen LogP contribution is -2.32. The summed E-state index contributed by atoms with van der Waals surface area (Å²) < 4.78 is 50.6. The summed E-state index contributed by atoms with van der Waals surface area (Å²) >= 11 is 0. The highest BCUT2D eigenvalue weighted by atomic mass is 32.2. The van der Waals surface area contributed by atoms with E-state index in [0.717, 1.165) is 0 Å². The third kappa shape index (κ3) is 3.23. The number of carbonyl (C=O) groups is 1. The van der Waals surface area contributed by atoms with E-state index in [0.29, 0.717) is 5.69 Å². The maximum Gasteiger partial charge on any atom is 0.387 e. The second-order valence-electron chi connectivity index (χ2n) is 4.29. The predicted octanol–water partition coefficient (Wildman–Crippen LogP) is 0.682. The Balaban J connectivity index is 2.14. The van der Waals surface area contributed by atoms with Crippen LogP contribution in [-0.2, 0) is 14.8 Å². The van der Waals surface area contributed by atoms with Crippen molar-refractivity contribution in [1.29, 1.82) is 0 Å². The van der Waals surface area contributed by atoms with Crippen LogP contribution in [0, 0.1) is 0 Å². The third-order valence-electron chi connectivity index (χ3n) is 2.93. The van der Waals surface area contributed by atoms with E-state index in [2.05, 4.69) is 4.74 Å². The Bertz CT molecular complexity index is 603. The summed E-state index contributed by atoms with van der Waals surface area (Å²) in [5.74, 6) is -0.426. The summed E-state index contributed by atoms with van der Waals surface area (Å²) in [6.07, 6.45) is -0.186. The maximum absolute atomic E-state index is 12.0. The highest BCUT2D eigenvalue weighted by Crippen LogP contribution is 2.26. The molecule has 1 aromatic rings. The molecule has 0 spiro atoms. The second kappa shape index (κ2) is 5.33. The van der Waals surface area contributed by atoms with Gasteiger partial charge in [-0.25, -0.2) is 13.6 Å². The number of ether oxygens (including phenoxy) is 1. The Morgan fingerprint density at radius 1 is 1.30 bits per heavy atom. The molecule has 2 rings (SSSR count). The van der Waals surface area contributed by atoms with Crippen LogP contribution in [0.4, 0.5) is 14.5 Å². The molecular formula is C11H12F2N2O4S. The molecule has 9 heteroatoms. The van der Waals surface area contributed by atoms with Gasteiger partial charge in [-0.2, -0.15) is 8.78 Å². The standard InChI is InChI=1S/C11H12F2N2O4S/c12-11(13)19-8-3-1-7(2-4-8)15-6-9(5-10(15)16)20(14,17)18/h1-4,9,11H,5-6H2,(H2,14,17,18). The first kappa shape index (κ1) is 14.7. The number of hydrogen-bond acceptors (Lipinski definition) is 4. The lowest BCUT2D eigenvalue weighted by Gasteiger charge is -2.16. The van der Waals surface area contributed by atoms with E-state index in [1.165, 1.54) is 29.2 Å². The number of nitrogens with two attached hydrogens (primary N) is 1. The van der Waals surface area contributed by atoms with Crippen LogP contribution < -0.4 is 14.8 Å². The fraction of sp³-hybridized carbons (Fsp3) is 0.364. The van der Waals surface area contributed by atoms with Crippen LogP contribution in [0.5, 0.6) is 5.75 Å². The smallest absolute Gasteiger partial charge is 0.387 e. The normalized spacial score (nSPS) is 19.7. The topological polar surface area (TPSA) is 89.7 Å². The SMILES string of the molecule is NS(=O)(=O)C1CC(=O)N(c2ccc(OC(F)F)cc2)C1. The molecule has 1 unspecified atom stereocenters. The summed E-state index contributed by atoms with van der Waals surface area (Å²) in [7, 11) is -3.79. The summed E-state index contributed by atoms with van der Waals surface area (Å²) in [5.41, 5.74) is 0.405. The molecule has 2 N–H and O–H groups in total. The zero-order valence-electron chi connectivity index (χ0n) is 10.2. The molecule has 0 saturated carbocycles. The first-order valence-electron chi connectivity index (χ1n) is 5.64. The lowest BCUT2D eigenvalue weighted by molar-refractivity contribution is -0.117. The van der Waals surface area contributed by atoms with Crippen LogP contribution in [0.3, 0.4) is 0 Å². The molecule has 0 aromatic heterocycles. The molecule has 1 aromatic carbocycles. The van der Waals surface area contributed by atoms with Gasteiger partial charge in [0.15, 0.2) is 0 Å². The van der Waals surface area contributed by atoms with Crippen molar-refractivity contribution in [2.45, 2.75) is 18.3 Å². The van der Waals surface area contributed by atoms with E-state index in [-0.39, 0.29) is 24.6 Å². The van der Waals surface area contributed by atoms with Crippen LogP contribution >= 0.6 is 0 Å². The highest BCUT2D eigenvalue weighted by molar-refractivity contribution is 7.89. The number of rotatable bonds is 4. The first-order chi connectivity index (χ1) is 9.27. The number of primary sulfonamides is 1. The largest absolute Gasteiger partial charge is 0.435 e. The van der Waals surface area contributed by atoms with Gasteiger partial charge in [0.05, 0.1) is 0 Å². The van der Waals surface area contributed by atoms with Crippen molar-refractivity contribution < 1.29 is 26.7 Å². The van der Waals surface area contributed by atoms with Gasteiger partial charge < -0.3 is 9.64 Å². The minimum Gasteiger partial charge on any atom is -0.435 e. The number of anilines is 1. The molecule has 1 aliphatic rings. The summed E-state index contributed by atoms with van der Waals surface area (Å²) in [6, 6.07) is 5.36. The summed E-state index contributed by atoms with van der Waals surface area (Å²) in [6.45, 7) is -2.98. The Kier molecular flexibility index (Phi) is 3.91. The van der Waals surface area contributed by atoms with Crippen molar-refractivity contribution >= 4 is 21.6 Å². The quantitative estimate of drug-likeness (QED) is 0.886. The Labute approximate surface area is 114 Å². The minimum atomic E-state index is -3.79. The number of halogens is 2. The Morgan fingerprint density at radius 3 is 2.35 bits per heavy atom. The average molecular weight is 306 g/mol. The van der Waals surface area contributed by atoms with Crippen LogP contribution in [0.1, 0.15) is 6.42 Å². The zero-order valence-corrected chi connectivity index (χ0v) is 11.0. The third-order valence-corrected chi connectivity index (χ3v) is 4.17. The van der Waals surface area contributed by atoms with Crippen molar-refractivity contribution in [2.75, 3.05) is 11.4 Å². The van der Waals surface area contributed by atoms with Gasteiger partial charge in [-0.05, 0) is 24.3 Å². The van der Waals surface area contributed by atoms with Gasteiger partial charge in [0.25, 0.3) is 0 Å². The summed E-state index contributed by atoms with van der Waals surface area (Å²) in [4.78, 5) is 13.0. The number of benzene rings is 1. The Hall–Kier alpha value is -1.74. The molecule has 1 heterocycles. The molecule has 0 aliphatic carbocycles. The van der Waals surface area contributed by atoms with Crippen molar-refractivity contribution in [3.63, 3.8) is 0 Å². The van der Waals surface area contributed by atoms with Crippen molar-refractivity contribution in [2.24, 2.45) is 5.14 Å². The minimum absolute atomic E-state index is 0.0432. The van der Waals surface area contributed by atoms with Crippen LogP contribution in [0.15, 0.2) is 24.3 Å². The van der Waals surface area contributed by atoms with Crippen molar-refractivity contribution in [3.8, 4) is 5.75 Å². The molecule has 0 bridgehead atoms. The number of hydrogen-bond donors (Lipinski definition) is 1. The zero-order chi connectivity index (χ0) is 14.9. The molecule has 1 amide bonds. The van der Waals surface area contributed by atoms with E-state index in [1.54, 1.807) is 0 Å². The van der Waals surface area contributed by atoms with E-state index in [9.17, 15) is 22.0 Å². The van der Waals surface area contributed by atoms with Gasteiger partial charge >= 0.3 is 6.61 Å². The van der Waals surface area contributed by atoms with E-state index < -0.39 is 21.9 Å². The fourth-order valence-electron chi connectivity index (χ4n) is 1.95. The molecule has 1 fully saturated rings. The molecular weight excluding hydrogens is 294 g/mol. The highest BCUT2D eigenvalue weighted by Gasteiger charge is 2.37. The van der Waals surface area contributed by atoms with Gasteiger partial charge in [-0.3, -0.25) is 4.79 Å².